The van der Waals surface area contributed by atoms with Gasteiger partial charge in [-0.2, -0.15) is 10.2 Å². The van der Waals surface area contributed by atoms with E-state index in [9.17, 15) is 4.39 Å². The number of benzene rings is 1. The lowest BCUT2D eigenvalue weighted by Gasteiger charge is -2.16. The maximum absolute atomic E-state index is 12.9. The van der Waals surface area contributed by atoms with Crippen molar-refractivity contribution in [1.29, 1.82) is 0 Å². The molecule has 92 valence electrons. The van der Waals surface area contributed by atoms with Crippen LogP contribution in [0, 0.1) is 11.7 Å². The summed E-state index contributed by atoms with van der Waals surface area (Å²) in [6.07, 6.45) is 0. The lowest BCUT2D eigenvalue weighted by molar-refractivity contribution is 0.467. The Morgan fingerprint density at radius 1 is 1.06 bits per heavy atom. The topological polar surface area (TPSA) is 24.7 Å². The molecule has 0 N–H and O–H groups in total. The second kappa shape index (κ2) is 4.61. The van der Waals surface area contributed by atoms with Crippen LogP contribution in [0.25, 0.3) is 0 Å². The van der Waals surface area contributed by atoms with Crippen molar-refractivity contribution in [2.24, 2.45) is 16.1 Å². The molecule has 3 rings (SSSR count). The molecule has 3 atom stereocenters. The van der Waals surface area contributed by atoms with Crippen LogP contribution in [0.3, 0.4) is 0 Å². The molecule has 1 aromatic carbocycles. The van der Waals surface area contributed by atoms with E-state index in [1.165, 1.54) is 17.0 Å². The molecule has 0 amide bonds. The maximum atomic E-state index is 12.9. The number of rotatable bonds is 2. The van der Waals surface area contributed by atoms with Gasteiger partial charge in [-0.3, -0.25) is 0 Å². The Morgan fingerprint density at radius 2 is 1.78 bits per heavy atom. The average molecular weight is 260 g/mol. The van der Waals surface area contributed by atoms with E-state index in [0.29, 0.717) is 5.92 Å². The summed E-state index contributed by atoms with van der Waals surface area (Å²) in [6.45, 7) is 2.15. The first-order valence-corrected chi connectivity index (χ1v) is 6.82. The van der Waals surface area contributed by atoms with Gasteiger partial charge < -0.3 is 0 Å². The molecule has 2 heterocycles. The van der Waals surface area contributed by atoms with Gasteiger partial charge >= 0.3 is 0 Å². The Morgan fingerprint density at radius 3 is 2.44 bits per heavy atom. The van der Waals surface area contributed by atoms with E-state index in [1.807, 2.05) is 6.07 Å². The number of halogens is 1. The van der Waals surface area contributed by atoms with Crippen LogP contribution in [0.5, 0.6) is 0 Å². The second-order valence-electron chi connectivity index (χ2n) is 4.55. The fraction of sp³-hybridized carbons (Fsp3) is 0.286. The van der Waals surface area contributed by atoms with Crippen LogP contribution >= 0.6 is 11.3 Å². The van der Waals surface area contributed by atoms with Gasteiger partial charge in [0.15, 0.2) is 0 Å². The predicted octanol–water partition coefficient (Wildman–Crippen LogP) is 4.77. The second-order valence-corrected chi connectivity index (χ2v) is 5.53. The molecule has 0 spiro atoms. The zero-order valence-corrected chi connectivity index (χ0v) is 10.8. The molecule has 18 heavy (non-hydrogen) atoms. The minimum absolute atomic E-state index is 0.0395. The molecule has 2 aromatic rings. The van der Waals surface area contributed by atoms with Crippen LogP contribution in [-0.4, -0.2) is 0 Å². The van der Waals surface area contributed by atoms with Crippen molar-refractivity contribution in [2.45, 2.75) is 19.0 Å². The third kappa shape index (κ3) is 1.97. The van der Waals surface area contributed by atoms with E-state index in [1.54, 1.807) is 23.5 Å². The fourth-order valence-corrected chi connectivity index (χ4v) is 3.21. The van der Waals surface area contributed by atoms with Gasteiger partial charge in [0.2, 0.25) is 0 Å². The zero-order chi connectivity index (χ0) is 12.5. The summed E-state index contributed by atoms with van der Waals surface area (Å²) in [5.41, 5.74) is 1.03. The number of hydrogen-bond donors (Lipinski definition) is 0. The van der Waals surface area contributed by atoms with Crippen molar-refractivity contribution >= 4 is 11.3 Å². The molecular formula is C14H13FN2S. The minimum Gasteiger partial charge on any atom is -0.207 e. The van der Waals surface area contributed by atoms with E-state index in [0.717, 1.165) is 5.56 Å². The average Bonchev–Trinajstić information content (AvgIpc) is 2.99. The van der Waals surface area contributed by atoms with Gasteiger partial charge in [-0.25, -0.2) is 4.39 Å². The highest BCUT2D eigenvalue weighted by atomic mass is 32.1. The minimum atomic E-state index is -0.212. The zero-order valence-electron chi connectivity index (χ0n) is 9.95. The molecule has 0 bridgehead atoms. The van der Waals surface area contributed by atoms with Crippen LogP contribution in [0.2, 0.25) is 0 Å². The maximum Gasteiger partial charge on any atom is 0.123 e. The fourth-order valence-electron chi connectivity index (χ4n) is 2.33. The largest absolute Gasteiger partial charge is 0.207 e. The summed E-state index contributed by atoms with van der Waals surface area (Å²) in [7, 11) is 0. The Hall–Kier alpha value is -1.55. The van der Waals surface area contributed by atoms with E-state index in [-0.39, 0.29) is 17.9 Å². The molecule has 3 unspecified atom stereocenters. The molecule has 4 heteroatoms. The van der Waals surface area contributed by atoms with Gasteiger partial charge in [0.25, 0.3) is 0 Å². The van der Waals surface area contributed by atoms with Crippen LogP contribution in [0.4, 0.5) is 4.39 Å². The van der Waals surface area contributed by atoms with Crippen molar-refractivity contribution in [1.82, 2.24) is 0 Å². The SMILES string of the molecule is CC1C(c2ccc(F)cc2)N=NC1c1cccs1. The third-order valence-corrected chi connectivity index (χ3v) is 4.30. The highest BCUT2D eigenvalue weighted by Crippen LogP contribution is 2.44. The van der Waals surface area contributed by atoms with Crippen LogP contribution in [0.15, 0.2) is 52.0 Å². The van der Waals surface area contributed by atoms with Crippen molar-refractivity contribution in [3.63, 3.8) is 0 Å². The number of nitrogens with zero attached hydrogens (tertiary/aromatic N) is 2. The lowest BCUT2D eigenvalue weighted by Crippen LogP contribution is -2.08. The van der Waals surface area contributed by atoms with Gasteiger partial charge in [-0.15, -0.1) is 11.3 Å². The van der Waals surface area contributed by atoms with Crippen LogP contribution in [0.1, 0.15) is 29.4 Å². The third-order valence-electron chi connectivity index (χ3n) is 3.36. The highest BCUT2D eigenvalue weighted by Gasteiger charge is 2.33. The summed E-state index contributed by atoms with van der Waals surface area (Å²) in [6, 6.07) is 10.9. The number of hydrogen-bond acceptors (Lipinski definition) is 3. The standard InChI is InChI=1S/C14H13FN2S/c1-9-13(10-4-6-11(15)7-5-10)16-17-14(9)12-3-2-8-18-12/h2-9,13-14H,1H3. The van der Waals surface area contributed by atoms with Gasteiger partial charge in [0, 0.05) is 10.8 Å². The van der Waals surface area contributed by atoms with Crippen LogP contribution < -0.4 is 0 Å². The van der Waals surface area contributed by atoms with Crippen molar-refractivity contribution in [3.05, 3.63) is 58.0 Å². The highest BCUT2D eigenvalue weighted by molar-refractivity contribution is 7.10. The molecule has 0 saturated carbocycles. The first-order valence-electron chi connectivity index (χ1n) is 5.94. The molecule has 1 aliphatic heterocycles. The molecule has 2 nitrogen and oxygen atoms in total. The first kappa shape index (κ1) is 11.5. The summed E-state index contributed by atoms with van der Waals surface area (Å²) in [5.74, 6) is 0.102. The summed E-state index contributed by atoms with van der Waals surface area (Å²) >= 11 is 1.71. The van der Waals surface area contributed by atoms with E-state index < -0.39 is 0 Å². The molecule has 1 aliphatic rings. The molecule has 0 aliphatic carbocycles. The lowest BCUT2D eigenvalue weighted by atomic mass is 9.90. The van der Waals surface area contributed by atoms with Crippen molar-refractivity contribution < 1.29 is 4.39 Å². The smallest absolute Gasteiger partial charge is 0.123 e. The molecule has 0 radical (unpaired) electrons. The number of thiophene rings is 1. The summed E-state index contributed by atoms with van der Waals surface area (Å²) < 4.78 is 12.9. The van der Waals surface area contributed by atoms with E-state index in [4.69, 9.17) is 0 Å². The van der Waals surface area contributed by atoms with Crippen molar-refractivity contribution in [2.75, 3.05) is 0 Å². The van der Waals surface area contributed by atoms with Gasteiger partial charge in [0.05, 0.1) is 0 Å². The van der Waals surface area contributed by atoms with Crippen molar-refractivity contribution in [3.8, 4) is 0 Å². The summed E-state index contributed by atoms with van der Waals surface area (Å²) in [5, 5.41) is 10.8. The Bertz CT molecular complexity index is 548. The van der Waals surface area contributed by atoms with E-state index >= 15 is 0 Å². The van der Waals surface area contributed by atoms with Crippen LogP contribution in [-0.2, 0) is 0 Å². The summed E-state index contributed by atoms with van der Waals surface area (Å²) in [4.78, 5) is 1.25. The number of azo groups is 1. The quantitative estimate of drug-likeness (QED) is 0.743. The Kier molecular flexibility index (Phi) is 2.96. The molecule has 0 saturated heterocycles. The first-order chi connectivity index (χ1) is 8.75. The van der Waals surface area contributed by atoms with Gasteiger partial charge in [0.1, 0.15) is 17.9 Å². The Balaban J connectivity index is 1.85. The van der Waals surface area contributed by atoms with Gasteiger partial charge in [-0.05, 0) is 29.1 Å². The molecule has 1 aromatic heterocycles. The van der Waals surface area contributed by atoms with E-state index in [2.05, 4.69) is 28.6 Å². The predicted molar refractivity (Wildman–Crippen MR) is 70.2 cm³/mol. The van der Waals surface area contributed by atoms with Gasteiger partial charge in [-0.1, -0.05) is 25.1 Å². The molecule has 0 fully saturated rings. The monoisotopic (exact) mass is 260 g/mol. The normalized spacial score (nSPS) is 26.7. The molecular weight excluding hydrogens is 247 g/mol. The Labute approximate surface area is 109 Å².